The lowest BCUT2D eigenvalue weighted by atomic mass is 10.2. The van der Waals surface area contributed by atoms with Crippen LogP contribution in [0.2, 0.25) is 0 Å². The van der Waals surface area contributed by atoms with Gasteiger partial charge in [0.1, 0.15) is 11.9 Å². The van der Waals surface area contributed by atoms with E-state index >= 15 is 0 Å². The molecular formula is C10H14N4O2. The molecule has 1 unspecified atom stereocenters. The molecule has 0 radical (unpaired) electrons. The van der Waals surface area contributed by atoms with Gasteiger partial charge in [0.05, 0.1) is 4.92 Å². The van der Waals surface area contributed by atoms with Crippen LogP contribution in [0.5, 0.6) is 0 Å². The van der Waals surface area contributed by atoms with Crippen LogP contribution in [0.15, 0.2) is 18.5 Å². The molecule has 1 aliphatic heterocycles. The predicted molar refractivity (Wildman–Crippen MR) is 60.6 cm³/mol. The fraction of sp³-hybridized carbons (Fsp3) is 0.500. The molecule has 86 valence electrons. The zero-order valence-corrected chi connectivity index (χ0v) is 9.09. The second-order valence-electron chi connectivity index (χ2n) is 3.88. The van der Waals surface area contributed by atoms with Crippen LogP contribution in [0.4, 0.5) is 11.4 Å². The first kappa shape index (κ1) is 10.8. The van der Waals surface area contributed by atoms with Crippen LogP contribution in [-0.4, -0.2) is 36.1 Å². The highest BCUT2D eigenvalue weighted by Crippen LogP contribution is 2.28. The van der Waals surface area contributed by atoms with E-state index in [0.29, 0.717) is 11.7 Å². The van der Waals surface area contributed by atoms with E-state index in [4.69, 9.17) is 0 Å². The molecule has 0 bridgehead atoms. The molecule has 2 rings (SSSR count). The third-order valence-corrected chi connectivity index (χ3v) is 2.94. The first-order chi connectivity index (χ1) is 7.70. The second-order valence-corrected chi connectivity index (χ2v) is 3.88. The van der Waals surface area contributed by atoms with Gasteiger partial charge < -0.3 is 10.2 Å². The van der Waals surface area contributed by atoms with Crippen molar-refractivity contribution in [1.29, 1.82) is 0 Å². The van der Waals surface area contributed by atoms with Crippen LogP contribution in [0, 0.1) is 10.1 Å². The number of hydrogen-bond acceptors (Lipinski definition) is 5. The number of anilines is 1. The van der Waals surface area contributed by atoms with E-state index in [-0.39, 0.29) is 10.6 Å². The normalized spacial score (nSPS) is 19.7. The maximum absolute atomic E-state index is 10.9. The summed E-state index contributed by atoms with van der Waals surface area (Å²) in [7, 11) is 1.89. The number of aromatic nitrogens is 1. The molecule has 1 saturated heterocycles. The van der Waals surface area contributed by atoms with Crippen molar-refractivity contribution in [3.63, 3.8) is 0 Å². The Balaban J connectivity index is 2.27. The topological polar surface area (TPSA) is 71.3 Å². The van der Waals surface area contributed by atoms with Crippen molar-refractivity contribution in [2.75, 3.05) is 25.0 Å². The number of nitrogens with one attached hydrogen (secondary N) is 1. The minimum atomic E-state index is -0.388. The van der Waals surface area contributed by atoms with Crippen molar-refractivity contribution in [2.24, 2.45) is 0 Å². The Morgan fingerprint density at radius 2 is 2.50 bits per heavy atom. The number of hydrogen-bond donors (Lipinski definition) is 1. The number of pyridine rings is 1. The molecule has 6 heteroatoms. The lowest BCUT2D eigenvalue weighted by Gasteiger charge is -2.25. The zero-order valence-electron chi connectivity index (χ0n) is 9.09. The summed E-state index contributed by atoms with van der Waals surface area (Å²) < 4.78 is 0. The minimum absolute atomic E-state index is 0.0666. The van der Waals surface area contributed by atoms with Crippen LogP contribution >= 0.6 is 0 Å². The average Bonchev–Trinajstić information content (AvgIpc) is 2.81. The molecule has 0 spiro atoms. The van der Waals surface area contributed by atoms with Crippen molar-refractivity contribution in [3.05, 3.63) is 28.6 Å². The number of nitrogens with zero attached hydrogens (tertiary/aromatic N) is 3. The Morgan fingerprint density at radius 3 is 3.12 bits per heavy atom. The van der Waals surface area contributed by atoms with Crippen molar-refractivity contribution < 1.29 is 4.92 Å². The van der Waals surface area contributed by atoms with E-state index in [1.807, 2.05) is 11.9 Å². The van der Waals surface area contributed by atoms with Gasteiger partial charge in [0, 0.05) is 25.8 Å². The third-order valence-electron chi connectivity index (χ3n) is 2.94. The fourth-order valence-electron chi connectivity index (χ4n) is 1.98. The SMILES string of the molecule is CN(c1ccncc1[N+](=O)[O-])C1CCNC1. The lowest BCUT2D eigenvalue weighted by molar-refractivity contribution is -0.384. The number of likely N-dealkylation sites (N-methyl/N-ethyl adjacent to an activating group) is 1. The Bertz CT molecular complexity index is 390. The van der Waals surface area contributed by atoms with Gasteiger partial charge in [-0.2, -0.15) is 0 Å². The first-order valence-corrected chi connectivity index (χ1v) is 5.22. The number of nitro groups is 1. The van der Waals surface area contributed by atoms with Crippen molar-refractivity contribution in [1.82, 2.24) is 10.3 Å². The van der Waals surface area contributed by atoms with Crippen molar-refractivity contribution in [2.45, 2.75) is 12.5 Å². The third kappa shape index (κ3) is 1.96. The standard InChI is InChI=1S/C10H14N4O2/c1-13(8-2-4-11-6-8)9-3-5-12-7-10(9)14(15)16/h3,5,7-8,11H,2,4,6H2,1H3. The van der Waals surface area contributed by atoms with Gasteiger partial charge in [-0.3, -0.25) is 15.1 Å². The van der Waals surface area contributed by atoms with Crippen LogP contribution in [0.25, 0.3) is 0 Å². The van der Waals surface area contributed by atoms with E-state index in [1.54, 1.807) is 12.3 Å². The summed E-state index contributed by atoms with van der Waals surface area (Å²) in [5.41, 5.74) is 0.700. The Morgan fingerprint density at radius 1 is 1.69 bits per heavy atom. The molecular weight excluding hydrogens is 208 g/mol. The lowest BCUT2D eigenvalue weighted by Crippen LogP contribution is -2.33. The Hall–Kier alpha value is -1.69. The maximum atomic E-state index is 10.9. The number of rotatable bonds is 3. The smallest absolute Gasteiger partial charge is 0.310 e. The van der Waals surface area contributed by atoms with Gasteiger partial charge in [-0.05, 0) is 19.0 Å². The second kappa shape index (κ2) is 4.44. The molecule has 1 N–H and O–H groups in total. The van der Waals surface area contributed by atoms with Crippen molar-refractivity contribution >= 4 is 11.4 Å². The fourth-order valence-corrected chi connectivity index (χ4v) is 1.98. The van der Waals surface area contributed by atoms with Gasteiger partial charge in [-0.15, -0.1) is 0 Å². The molecule has 1 fully saturated rings. The molecule has 0 aliphatic carbocycles. The minimum Gasteiger partial charge on any atom is -0.365 e. The van der Waals surface area contributed by atoms with Crippen LogP contribution in [0.1, 0.15) is 6.42 Å². The van der Waals surface area contributed by atoms with Gasteiger partial charge in [-0.25, -0.2) is 0 Å². The summed E-state index contributed by atoms with van der Waals surface area (Å²) in [6.45, 7) is 1.84. The molecule has 0 aromatic carbocycles. The van der Waals surface area contributed by atoms with E-state index in [0.717, 1.165) is 19.5 Å². The van der Waals surface area contributed by atoms with Crippen LogP contribution in [0.3, 0.4) is 0 Å². The molecule has 1 aliphatic rings. The van der Waals surface area contributed by atoms with Crippen LogP contribution in [-0.2, 0) is 0 Å². The summed E-state index contributed by atoms with van der Waals surface area (Å²) in [5.74, 6) is 0. The predicted octanol–water partition coefficient (Wildman–Crippen LogP) is 0.788. The molecule has 1 aromatic heterocycles. The van der Waals surface area contributed by atoms with E-state index in [1.165, 1.54) is 6.20 Å². The molecule has 0 amide bonds. The van der Waals surface area contributed by atoms with Gasteiger partial charge in [0.2, 0.25) is 0 Å². The molecule has 6 nitrogen and oxygen atoms in total. The first-order valence-electron chi connectivity index (χ1n) is 5.22. The van der Waals surface area contributed by atoms with Gasteiger partial charge in [0.15, 0.2) is 0 Å². The highest BCUT2D eigenvalue weighted by Gasteiger charge is 2.24. The Labute approximate surface area is 93.4 Å². The average molecular weight is 222 g/mol. The summed E-state index contributed by atoms with van der Waals surface area (Å²) in [4.78, 5) is 16.2. The van der Waals surface area contributed by atoms with Gasteiger partial charge >= 0.3 is 5.69 Å². The Kier molecular flexibility index (Phi) is 3.00. The van der Waals surface area contributed by atoms with Crippen LogP contribution < -0.4 is 10.2 Å². The summed E-state index contributed by atoms with van der Waals surface area (Å²) in [6.07, 6.45) is 3.89. The largest absolute Gasteiger partial charge is 0.365 e. The summed E-state index contributed by atoms with van der Waals surface area (Å²) in [6, 6.07) is 2.01. The van der Waals surface area contributed by atoms with E-state index in [2.05, 4.69) is 10.3 Å². The highest BCUT2D eigenvalue weighted by molar-refractivity contribution is 5.61. The zero-order chi connectivity index (χ0) is 11.5. The monoisotopic (exact) mass is 222 g/mol. The summed E-state index contributed by atoms with van der Waals surface area (Å²) >= 11 is 0. The molecule has 1 atom stereocenters. The van der Waals surface area contributed by atoms with Gasteiger partial charge in [0.25, 0.3) is 0 Å². The summed E-state index contributed by atoms with van der Waals surface area (Å²) in [5, 5.41) is 14.1. The molecule has 1 aromatic rings. The quantitative estimate of drug-likeness (QED) is 0.604. The van der Waals surface area contributed by atoms with Gasteiger partial charge in [-0.1, -0.05) is 0 Å². The molecule has 16 heavy (non-hydrogen) atoms. The highest BCUT2D eigenvalue weighted by atomic mass is 16.6. The van der Waals surface area contributed by atoms with E-state index in [9.17, 15) is 10.1 Å². The van der Waals surface area contributed by atoms with E-state index < -0.39 is 0 Å². The maximum Gasteiger partial charge on any atom is 0.310 e. The molecule has 0 saturated carbocycles. The molecule has 2 heterocycles. The van der Waals surface area contributed by atoms with Crippen molar-refractivity contribution in [3.8, 4) is 0 Å².